The fraction of sp³-hybridized carbons (Fsp3) is 0.667. The SMILES string of the molecule is CC(C)N(CCO)CC1CCN(Cc2ccccc2)CC1. The van der Waals surface area contributed by atoms with Gasteiger partial charge in [0.1, 0.15) is 0 Å². The first-order chi connectivity index (χ1) is 10.2. The monoisotopic (exact) mass is 290 g/mol. The molecule has 1 aromatic carbocycles. The lowest BCUT2D eigenvalue weighted by Crippen LogP contribution is -2.41. The van der Waals surface area contributed by atoms with Crippen LogP contribution >= 0.6 is 0 Å². The fourth-order valence-corrected chi connectivity index (χ4v) is 3.19. The molecule has 1 saturated heterocycles. The Kier molecular flexibility index (Phi) is 6.68. The third kappa shape index (κ3) is 5.42. The zero-order valence-electron chi connectivity index (χ0n) is 13.5. The summed E-state index contributed by atoms with van der Waals surface area (Å²) in [7, 11) is 0. The normalized spacial score (nSPS) is 17.8. The maximum absolute atomic E-state index is 9.17. The molecule has 0 amide bonds. The van der Waals surface area contributed by atoms with Crippen molar-refractivity contribution in [1.82, 2.24) is 9.80 Å². The van der Waals surface area contributed by atoms with Gasteiger partial charge in [0.05, 0.1) is 6.61 Å². The van der Waals surface area contributed by atoms with E-state index in [-0.39, 0.29) is 6.61 Å². The number of benzene rings is 1. The van der Waals surface area contributed by atoms with Gasteiger partial charge >= 0.3 is 0 Å². The number of likely N-dealkylation sites (tertiary alicyclic amines) is 1. The topological polar surface area (TPSA) is 26.7 Å². The van der Waals surface area contributed by atoms with E-state index in [4.69, 9.17) is 0 Å². The molecule has 0 atom stereocenters. The highest BCUT2D eigenvalue weighted by molar-refractivity contribution is 5.14. The van der Waals surface area contributed by atoms with Crippen LogP contribution in [0.5, 0.6) is 0 Å². The summed E-state index contributed by atoms with van der Waals surface area (Å²) in [5.41, 5.74) is 1.42. The molecule has 0 bridgehead atoms. The van der Waals surface area contributed by atoms with E-state index in [0.29, 0.717) is 6.04 Å². The van der Waals surface area contributed by atoms with Gasteiger partial charge in [0.25, 0.3) is 0 Å². The van der Waals surface area contributed by atoms with Crippen LogP contribution in [-0.2, 0) is 6.54 Å². The smallest absolute Gasteiger partial charge is 0.0558 e. The Hall–Kier alpha value is -0.900. The molecule has 1 aromatic rings. The number of aliphatic hydroxyl groups excluding tert-OH is 1. The van der Waals surface area contributed by atoms with E-state index in [1.54, 1.807) is 0 Å². The molecule has 0 unspecified atom stereocenters. The molecule has 1 heterocycles. The second-order valence-electron chi connectivity index (χ2n) is 6.52. The lowest BCUT2D eigenvalue weighted by molar-refractivity contribution is 0.107. The highest BCUT2D eigenvalue weighted by atomic mass is 16.3. The van der Waals surface area contributed by atoms with Crippen LogP contribution in [-0.4, -0.2) is 53.7 Å². The van der Waals surface area contributed by atoms with Crippen molar-refractivity contribution in [1.29, 1.82) is 0 Å². The van der Waals surface area contributed by atoms with Gasteiger partial charge in [-0.15, -0.1) is 0 Å². The van der Waals surface area contributed by atoms with Crippen LogP contribution < -0.4 is 0 Å². The van der Waals surface area contributed by atoms with E-state index in [1.165, 1.54) is 31.5 Å². The zero-order valence-corrected chi connectivity index (χ0v) is 13.5. The van der Waals surface area contributed by atoms with E-state index in [1.807, 2.05) is 0 Å². The Morgan fingerprint density at radius 2 is 1.86 bits per heavy atom. The first kappa shape index (κ1) is 16.5. The summed E-state index contributed by atoms with van der Waals surface area (Å²) in [6.07, 6.45) is 2.56. The van der Waals surface area contributed by atoms with Crippen molar-refractivity contribution in [3.8, 4) is 0 Å². The van der Waals surface area contributed by atoms with Crippen LogP contribution in [0.2, 0.25) is 0 Å². The minimum Gasteiger partial charge on any atom is -0.395 e. The highest BCUT2D eigenvalue weighted by Gasteiger charge is 2.22. The minimum atomic E-state index is 0.269. The van der Waals surface area contributed by atoms with Crippen LogP contribution in [0.1, 0.15) is 32.3 Å². The van der Waals surface area contributed by atoms with Crippen LogP contribution in [0.4, 0.5) is 0 Å². The van der Waals surface area contributed by atoms with E-state index in [2.05, 4.69) is 54.0 Å². The summed E-state index contributed by atoms with van der Waals surface area (Å²) in [4.78, 5) is 4.98. The van der Waals surface area contributed by atoms with Crippen LogP contribution in [0.25, 0.3) is 0 Å². The summed E-state index contributed by atoms with van der Waals surface area (Å²) in [5, 5.41) is 9.17. The van der Waals surface area contributed by atoms with E-state index < -0.39 is 0 Å². The molecule has 1 aliphatic heterocycles. The standard InChI is InChI=1S/C18H30N2O/c1-16(2)20(12-13-21)15-18-8-10-19(11-9-18)14-17-6-4-3-5-7-17/h3-7,16,18,21H,8-15H2,1-2H3. The molecule has 3 heteroatoms. The first-order valence-electron chi connectivity index (χ1n) is 8.30. The van der Waals surface area contributed by atoms with Crippen molar-refractivity contribution in [3.63, 3.8) is 0 Å². The van der Waals surface area contributed by atoms with Gasteiger partial charge in [-0.2, -0.15) is 0 Å². The van der Waals surface area contributed by atoms with Crippen molar-refractivity contribution in [2.75, 3.05) is 32.8 Å². The van der Waals surface area contributed by atoms with Gasteiger partial charge < -0.3 is 5.11 Å². The second kappa shape index (κ2) is 8.52. The molecule has 0 radical (unpaired) electrons. The third-order valence-corrected chi connectivity index (χ3v) is 4.57. The Morgan fingerprint density at radius 1 is 1.19 bits per heavy atom. The van der Waals surface area contributed by atoms with Crippen molar-refractivity contribution in [2.24, 2.45) is 5.92 Å². The number of aliphatic hydroxyl groups is 1. The van der Waals surface area contributed by atoms with Crippen LogP contribution in [0.3, 0.4) is 0 Å². The predicted octanol–water partition coefficient (Wildman–Crippen LogP) is 2.60. The van der Waals surface area contributed by atoms with Gasteiger partial charge in [-0.25, -0.2) is 0 Å². The van der Waals surface area contributed by atoms with E-state index in [9.17, 15) is 5.11 Å². The van der Waals surface area contributed by atoms with Crippen molar-refractivity contribution in [3.05, 3.63) is 35.9 Å². The molecule has 0 aliphatic carbocycles. The maximum Gasteiger partial charge on any atom is 0.0558 e. The number of rotatable bonds is 7. The van der Waals surface area contributed by atoms with Crippen LogP contribution in [0.15, 0.2) is 30.3 Å². The minimum absolute atomic E-state index is 0.269. The predicted molar refractivity (Wildman–Crippen MR) is 88.2 cm³/mol. The lowest BCUT2D eigenvalue weighted by Gasteiger charge is -2.36. The van der Waals surface area contributed by atoms with Crippen molar-refractivity contribution in [2.45, 2.75) is 39.3 Å². The molecule has 1 N–H and O–H groups in total. The maximum atomic E-state index is 9.17. The molecule has 0 saturated carbocycles. The van der Waals surface area contributed by atoms with Gasteiger partial charge in [0, 0.05) is 25.7 Å². The summed E-state index contributed by atoms with van der Waals surface area (Å²) >= 11 is 0. The number of nitrogens with zero attached hydrogens (tertiary/aromatic N) is 2. The van der Waals surface area contributed by atoms with Crippen molar-refractivity contribution >= 4 is 0 Å². The number of hydrogen-bond acceptors (Lipinski definition) is 3. The Balaban J connectivity index is 1.75. The van der Waals surface area contributed by atoms with Gasteiger partial charge in [-0.1, -0.05) is 30.3 Å². The molecule has 118 valence electrons. The van der Waals surface area contributed by atoms with E-state index in [0.717, 1.165) is 25.6 Å². The molecular weight excluding hydrogens is 260 g/mol. The average molecular weight is 290 g/mol. The molecule has 0 spiro atoms. The quantitative estimate of drug-likeness (QED) is 0.836. The summed E-state index contributed by atoms with van der Waals surface area (Å²) in [5.74, 6) is 0.783. The molecule has 0 aromatic heterocycles. The Labute approximate surface area is 129 Å². The average Bonchev–Trinajstić information content (AvgIpc) is 2.49. The van der Waals surface area contributed by atoms with Crippen LogP contribution in [0, 0.1) is 5.92 Å². The van der Waals surface area contributed by atoms with Gasteiger partial charge in [-0.05, 0) is 51.3 Å². The number of hydrogen-bond donors (Lipinski definition) is 1. The largest absolute Gasteiger partial charge is 0.395 e. The number of piperidine rings is 1. The molecule has 2 rings (SSSR count). The summed E-state index contributed by atoms with van der Waals surface area (Å²) < 4.78 is 0. The lowest BCUT2D eigenvalue weighted by atomic mass is 9.95. The zero-order chi connectivity index (χ0) is 15.1. The van der Waals surface area contributed by atoms with E-state index >= 15 is 0 Å². The summed E-state index contributed by atoms with van der Waals surface area (Å²) in [6, 6.07) is 11.3. The molecule has 1 fully saturated rings. The fourth-order valence-electron chi connectivity index (χ4n) is 3.19. The van der Waals surface area contributed by atoms with Gasteiger partial charge in [0.15, 0.2) is 0 Å². The molecule has 3 nitrogen and oxygen atoms in total. The molecule has 21 heavy (non-hydrogen) atoms. The molecular formula is C18H30N2O. The third-order valence-electron chi connectivity index (χ3n) is 4.57. The molecule has 1 aliphatic rings. The van der Waals surface area contributed by atoms with Crippen molar-refractivity contribution < 1.29 is 5.11 Å². The summed E-state index contributed by atoms with van der Waals surface area (Å²) in [6.45, 7) is 10.1. The first-order valence-corrected chi connectivity index (χ1v) is 8.30. The Bertz CT molecular complexity index is 385. The highest BCUT2D eigenvalue weighted by Crippen LogP contribution is 2.20. The van der Waals surface area contributed by atoms with Gasteiger partial charge in [-0.3, -0.25) is 9.80 Å². The Morgan fingerprint density at radius 3 is 2.43 bits per heavy atom. The second-order valence-corrected chi connectivity index (χ2v) is 6.52. The van der Waals surface area contributed by atoms with Gasteiger partial charge in [0.2, 0.25) is 0 Å².